The van der Waals surface area contributed by atoms with Crippen LogP contribution in [0.15, 0.2) is 82.2 Å². The number of fused-ring (bicyclic) bond motifs is 2. The first-order valence-corrected chi connectivity index (χ1v) is 11.4. The Labute approximate surface area is 200 Å². The highest BCUT2D eigenvalue weighted by molar-refractivity contribution is 9.10. The van der Waals surface area contributed by atoms with Crippen LogP contribution < -0.4 is 10.6 Å². The summed E-state index contributed by atoms with van der Waals surface area (Å²) in [5, 5.41) is 10.8. The van der Waals surface area contributed by atoms with Gasteiger partial charge in [-0.3, -0.25) is 14.7 Å². The number of hydrogen-bond acceptors (Lipinski definition) is 6. The van der Waals surface area contributed by atoms with Crippen LogP contribution in [-0.2, 0) is 16.2 Å². The zero-order valence-corrected chi connectivity index (χ0v) is 19.6. The second-order valence-corrected chi connectivity index (χ2v) is 8.81. The molecule has 2 aliphatic rings. The molecule has 0 unspecified atom stereocenters. The van der Waals surface area contributed by atoms with Gasteiger partial charge < -0.3 is 15.5 Å². The molecule has 3 aromatic rings. The van der Waals surface area contributed by atoms with E-state index in [1.807, 2.05) is 67.7 Å². The quantitative estimate of drug-likeness (QED) is 0.294. The topological polar surface area (TPSA) is 78.8 Å². The van der Waals surface area contributed by atoms with Crippen LogP contribution in [-0.4, -0.2) is 41.7 Å². The summed E-state index contributed by atoms with van der Waals surface area (Å²) in [4.78, 5) is 25.1. The van der Waals surface area contributed by atoms with Crippen molar-refractivity contribution in [2.75, 3.05) is 30.8 Å². The van der Waals surface area contributed by atoms with Crippen LogP contribution in [0.1, 0.15) is 16.8 Å². The Bertz CT molecular complexity index is 1270. The van der Waals surface area contributed by atoms with Gasteiger partial charge in [-0.05, 0) is 43.4 Å². The zero-order chi connectivity index (χ0) is 22.8. The van der Waals surface area contributed by atoms with Gasteiger partial charge in [0.25, 0.3) is 5.91 Å². The van der Waals surface area contributed by atoms with E-state index in [9.17, 15) is 4.79 Å². The summed E-state index contributed by atoms with van der Waals surface area (Å²) in [7, 11) is 2.02. The van der Waals surface area contributed by atoms with Crippen molar-refractivity contribution in [2.45, 2.75) is 6.54 Å². The van der Waals surface area contributed by atoms with Crippen LogP contribution >= 0.6 is 15.9 Å². The molecule has 0 aliphatic carbocycles. The third-order valence-corrected chi connectivity index (χ3v) is 6.03. The summed E-state index contributed by atoms with van der Waals surface area (Å²) < 4.78 is 0.900. The van der Waals surface area contributed by atoms with Crippen molar-refractivity contribution in [1.82, 2.24) is 9.88 Å². The van der Waals surface area contributed by atoms with Gasteiger partial charge in [0.1, 0.15) is 12.3 Å². The molecule has 2 aliphatic heterocycles. The Hall–Kier alpha value is -3.49. The number of para-hydroxylation sites is 1. The monoisotopic (exact) mass is 503 g/mol. The van der Waals surface area contributed by atoms with Crippen molar-refractivity contribution in [3.63, 3.8) is 0 Å². The maximum Gasteiger partial charge on any atom is 0.258 e. The molecule has 0 spiro atoms. The van der Waals surface area contributed by atoms with E-state index in [-0.39, 0.29) is 5.91 Å². The SMILES string of the molecule is CN(CCO/N=C1/C(=C2/C(=O)Nc3ccc(Br)cc32)Nc2ccccc21)Cc1ccccn1. The summed E-state index contributed by atoms with van der Waals surface area (Å²) in [5.74, 6) is -0.166. The molecule has 0 radical (unpaired) electrons. The number of nitrogens with one attached hydrogen (secondary N) is 2. The highest BCUT2D eigenvalue weighted by Gasteiger charge is 2.34. The maximum absolute atomic E-state index is 12.9. The lowest BCUT2D eigenvalue weighted by Gasteiger charge is -2.15. The van der Waals surface area contributed by atoms with Crippen LogP contribution in [0.2, 0.25) is 0 Å². The lowest BCUT2D eigenvalue weighted by Crippen LogP contribution is -2.23. The predicted molar refractivity (Wildman–Crippen MR) is 133 cm³/mol. The van der Waals surface area contributed by atoms with E-state index >= 15 is 0 Å². The van der Waals surface area contributed by atoms with Crippen molar-refractivity contribution >= 4 is 44.5 Å². The zero-order valence-electron chi connectivity index (χ0n) is 18.0. The Morgan fingerprint density at radius 2 is 1.85 bits per heavy atom. The summed E-state index contributed by atoms with van der Waals surface area (Å²) in [6.45, 7) is 1.82. The molecule has 2 N–H and O–H groups in total. The first kappa shape index (κ1) is 21.4. The van der Waals surface area contributed by atoms with Gasteiger partial charge in [-0.2, -0.15) is 0 Å². The van der Waals surface area contributed by atoms with Crippen LogP contribution in [0.5, 0.6) is 0 Å². The summed E-state index contributed by atoms with van der Waals surface area (Å²) in [6, 6.07) is 19.4. The second kappa shape index (κ2) is 9.17. The van der Waals surface area contributed by atoms with Gasteiger partial charge in [0.2, 0.25) is 0 Å². The number of rotatable bonds is 6. The molecule has 0 bridgehead atoms. The van der Waals surface area contributed by atoms with Crippen molar-refractivity contribution in [3.05, 3.63) is 93.9 Å². The number of carbonyl (C=O) groups is 1. The van der Waals surface area contributed by atoms with Crippen molar-refractivity contribution in [3.8, 4) is 0 Å². The molecule has 8 heteroatoms. The summed E-state index contributed by atoms with van der Waals surface area (Å²) in [6.07, 6.45) is 1.79. The van der Waals surface area contributed by atoms with E-state index in [1.54, 1.807) is 6.20 Å². The number of carbonyl (C=O) groups excluding carboxylic acids is 1. The molecule has 3 heterocycles. The molecule has 2 aromatic carbocycles. The molecule has 1 amide bonds. The van der Waals surface area contributed by atoms with E-state index in [0.29, 0.717) is 30.1 Å². The lowest BCUT2D eigenvalue weighted by molar-refractivity contribution is -0.110. The third-order valence-electron chi connectivity index (χ3n) is 5.53. The number of aromatic nitrogens is 1. The van der Waals surface area contributed by atoms with Gasteiger partial charge in [0, 0.05) is 46.3 Å². The second-order valence-electron chi connectivity index (χ2n) is 7.90. The van der Waals surface area contributed by atoms with Gasteiger partial charge >= 0.3 is 0 Å². The number of amides is 1. The molecule has 0 fully saturated rings. The van der Waals surface area contributed by atoms with Crippen molar-refractivity contribution in [2.24, 2.45) is 5.16 Å². The first-order chi connectivity index (χ1) is 16.1. The predicted octanol–water partition coefficient (Wildman–Crippen LogP) is 4.49. The number of oxime groups is 1. The molecule has 5 rings (SSSR count). The fourth-order valence-corrected chi connectivity index (χ4v) is 4.31. The molecule has 33 heavy (non-hydrogen) atoms. The molecule has 166 valence electrons. The van der Waals surface area contributed by atoms with Crippen LogP contribution in [0.25, 0.3) is 5.57 Å². The summed E-state index contributed by atoms with van der Waals surface area (Å²) in [5.41, 5.74) is 6.22. The van der Waals surface area contributed by atoms with Crippen molar-refractivity contribution < 1.29 is 9.63 Å². The number of halogens is 1. The number of anilines is 2. The fraction of sp³-hybridized carbons (Fsp3) is 0.160. The first-order valence-electron chi connectivity index (χ1n) is 10.6. The minimum Gasteiger partial charge on any atom is -0.394 e. The van der Waals surface area contributed by atoms with Crippen LogP contribution in [0.3, 0.4) is 0 Å². The van der Waals surface area contributed by atoms with Gasteiger partial charge in [0.05, 0.1) is 17.0 Å². The van der Waals surface area contributed by atoms with E-state index in [4.69, 9.17) is 4.84 Å². The highest BCUT2D eigenvalue weighted by Crippen LogP contribution is 2.40. The molecule has 0 saturated carbocycles. The minimum absolute atomic E-state index is 0.166. The minimum atomic E-state index is -0.166. The number of nitrogens with zero attached hydrogens (tertiary/aromatic N) is 3. The van der Waals surface area contributed by atoms with E-state index in [1.165, 1.54) is 0 Å². The van der Waals surface area contributed by atoms with Gasteiger partial charge in [0.15, 0.2) is 0 Å². The number of pyridine rings is 1. The Kier molecular flexibility index (Phi) is 5.93. The largest absolute Gasteiger partial charge is 0.394 e. The molecular weight excluding hydrogens is 482 g/mol. The van der Waals surface area contributed by atoms with E-state index in [0.717, 1.165) is 39.2 Å². The molecule has 0 saturated heterocycles. The maximum atomic E-state index is 12.9. The smallest absolute Gasteiger partial charge is 0.258 e. The van der Waals surface area contributed by atoms with Gasteiger partial charge in [-0.15, -0.1) is 0 Å². The fourth-order valence-electron chi connectivity index (χ4n) is 3.94. The van der Waals surface area contributed by atoms with Crippen LogP contribution in [0, 0.1) is 0 Å². The molecular formula is C25H22BrN5O2. The average Bonchev–Trinajstić information content (AvgIpc) is 3.33. The third kappa shape index (κ3) is 4.40. The Balaban J connectivity index is 1.39. The highest BCUT2D eigenvalue weighted by atomic mass is 79.9. The summed E-state index contributed by atoms with van der Waals surface area (Å²) >= 11 is 3.51. The number of likely N-dealkylation sites (N-methyl/N-ethyl adjacent to an activating group) is 1. The standard InChI is InChI=1S/C25H22BrN5O2/c1-31(15-17-6-4-5-11-27-17)12-13-33-30-23-18-7-2-3-8-20(18)28-24(23)22-19-14-16(26)9-10-21(19)29-25(22)32/h2-11,14,28H,12-13,15H2,1H3,(H,29,32)/b24-22-,30-23+. The average molecular weight is 504 g/mol. The number of allylic oxidation sites excluding steroid dienone is 1. The van der Waals surface area contributed by atoms with Gasteiger partial charge in [-0.1, -0.05) is 45.4 Å². The van der Waals surface area contributed by atoms with Crippen LogP contribution in [0.4, 0.5) is 11.4 Å². The molecule has 0 atom stereocenters. The number of hydrogen-bond donors (Lipinski definition) is 2. The van der Waals surface area contributed by atoms with E-state index < -0.39 is 0 Å². The van der Waals surface area contributed by atoms with E-state index in [2.05, 4.69) is 41.6 Å². The molecule has 1 aromatic heterocycles. The Morgan fingerprint density at radius 3 is 2.70 bits per heavy atom. The van der Waals surface area contributed by atoms with Crippen molar-refractivity contribution in [1.29, 1.82) is 0 Å². The molecule has 7 nitrogen and oxygen atoms in total. The lowest BCUT2D eigenvalue weighted by atomic mass is 10.0. The van der Waals surface area contributed by atoms with Gasteiger partial charge in [-0.25, -0.2) is 0 Å². The Morgan fingerprint density at radius 1 is 1.03 bits per heavy atom. The normalized spacial score (nSPS) is 17.7. The number of benzene rings is 2.